The normalized spacial score (nSPS) is 49.1. The molecule has 16 heavy (non-hydrogen) atoms. The standard InChI is InChI=1S/C15H22O/c1-13(2)10-8-6-5-7-9-11(10)14(3)12(16)15(13,14)4/h9-10H,5-8H2,1-4H3. The highest BCUT2D eigenvalue weighted by atomic mass is 16.1. The summed E-state index contributed by atoms with van der Waals surface area (Å²) in [6.45, 7) is 9.01. The van der Waals surface area contributed by atoms with Crippen LogP contribution in [0, 0.1) is 22.2 Å². The third kappa shape index (κ3) is 0.781. The lowest BCUT2D eigenvalue weighted by Gasteiger charge is -2.34. The Bertz CT molecular complexity index is 404. The first kappa shape index (κ1) is 10.6. The van der Waals surface area contributed by atoms with E-state index in [4.69, 9.17) is 0 Å². The van der Waals surface area contributed by atoms with Gasteiger partial charge in [0.25, 0.3) is 0 Å². The van der Waals surface area contributed by atoms with Crippen LogP contribution < -0.4 is 0 Å². The maximum absolute atomic E-state index is 12.3. The van der Waals surface area contributed by atoms with E-state index in [2.05, 4.69) is 33.8 Å². The van der Waals surface area contributed by atoms with Crippen molar-refractivity contribution in [2.75, 3.05) is 0 Å². The zero-order valence-corrected chi connectivity index (χ0v) is 10.9. The highest BCUT2D eigenvalue weighted by Gasteiger charge is 2.84. The number of allylic oxidation sites excluding steroid dienone is 2. The monoisotopic (exact) mass is 218 g/mol. The van der Waals surface area contributed by atoms with Gasteiger partial charge in [0.05, 0.1) is 5.41 Å². The van der Waals surface area contributed by atoms with Crippen molar-refractivity contribution in [3.05, 3.63) is 11.6 Å². The van der Waals surface area contributed by atoms with Crippen LogP contribution >= 0.6 is 0 Å². The van der Waals surface area contributed by atoms with Crippen molar-refractivity contribution in [3.8, 4) is 0 Å². The molecular weight excluding hydrogens is 196 g/mol. The largest absolute Gasteiger partial charge is 0.298 e. The topological polar surface area (TPSA) is 17.1 Å². The summed E-state index contributed by atoms with van der Waals surface area (Å²) in [6.07, 6.45) is 7.50. The van der Waals surface area contributed by atoms with Crippen LogP contribution in [0.1, 0.15) is 53.4 Å². The second kappa shape index (κ2) is 2.63. The summed E-state index contributed by atoms with van der Waals surface area (Å²) in [5.74, 6) is 1.15. The Kier molecular flexibility index (Phi) is 1.73. The zero-order chi connectivity index (χ0) is 11.8. The molecule has 0 bridgehead atoms. The van der Waals surface area contributed by atoms with E-state index in [0.717, 1.165) is 0 Å². The molecule has 3 aliphatic rings. The summed E-state index contributed by atoms with van der Waals surface area (Å²) >= 11 is 0. The van der Waals surface area contributed by atoms with Gasteiger partial charge in [0.15, 0.2) is 5.78 Å². The Morgan fingerprint density at radius 3 is 2.56 bits per heavy atom. The second-order valence-electron chi connectivity index (χ2n) is 6.80. The summed E-state index contributed by atoms with van der Waals surface area (Å²) < 4.78 is 0. The average Bonchev–Trinajstić information content (AvgIpc) is 2.77. The Hall–Kier alpha value is -0.590. The van der Waals surface area contributed by atoms with E-state index >= 15 is 0 Å². The van der Waals surface area contributed by atoms with Crippen molar-refractivity contribution in [1.29, 1.82) is 0 Å². The molecular formula is C15H22O. The highest BCUT2D eigenvalue weighted by molar-refractivity contribution is 6.12. The van der Waals surface area contributed by atoms with Gasteiger partial charge in [-0.05, 0) is 37.5 Å². The molecule has 1 nitrogen and oxygen atoms in total. The fourth-order valence-corrected chi connectivity index (χ4v) is 4.70. The lowest BCUT2D eigenvalue weighted by Crippen LogP contribution is -2.30. The first-order valence-corrected chi connectivity index (χ1v) is 6.64. The van der Waals surface area contributed by atoms with E-state index < -0.39 is 0 Å². The maximum atomic E-state index is 12.3. The van der Waals surface area contributed by atoms with Crippen molar-refractivity contribution in [2.45, 2.75) is 53.4 Å². The Labute approximate surface area is 98.3 Å². The van der Waals surface area contributed by atoms with Crippen molar-refractivity contribution in [2.24, 2.45) is 22.2 Å². The lowest BCUT2D eigenvalue weighted by molar-refractivity contribution is -0.117. The van der Waals surface area contributed by atoms with Gasteiger partial charge in [0.1, 0.15) is 0 Å². The fraction of sp³-hybridized carbons (Fsp3) is 0.800. The molecule has 0 spiro atoms. The number of carbonyl (C=O) groups excluding carboxylic acids is 1. The summed E-state index contributed by atoms with van der Waals surface area (Å²) in [4.78, 5) is 12.3. The number of hydrogen-bond donors (Lipinski definition) is 0. The Balaban J connectivity index is 2.17. The molecule has 3 unspecified atom stereocenters. The lowest BCUT2D eigenvalue weighted by atomic mass is 9.69. The van der Waals surface area contributed by atoms with Gasteiger partial charge in [0, 0.05) is 5.41 Å². The molecule has 0 aliphatic heterocycles. The smallest absolute Gasteiger partial charge is 0.151 e. The van der Waals surface area contributed by atoms with Crippen molar-refractivity contribution < 1.29 is 4.79 Å². The summed E-state index contributed by atoms with van der Waals surface area (Å²) in [5.41, 5.74) is 1.47. The van der Waals surface area contributed by atoms with Gasteiger partial charge in [-0.3, -0.25) is 4.79 Å². The summed E-state index contributed by atoms with van der Waals surface area (Å²) in [6, 6.07) is 0. The molecule has 0 aromatic heterocycles. The zero-order valence-electron chi connectivity index (χ0n) is 10.9. The summed E-state index contributed by atoms with van der Waals surface area (Å²) in [7, 11) is 0. The first-order valence-electron chi connectivity index (χ1n) is 6.64. The summed E-state index contributed by atoms with van der Waals surface area (Å²) in [5, 5.41) is 0. The second-order valence-corrected chi connectivity index (χ2v) is 6.80. The molecule has 3 aliphatic carbocycles. The number of ketones is 1. The third-order valence-corrected chi connectivity index (χ3v) is 6.27. The van der Waals surface area contributed by atoms with E-state index in [1.807, 2.05) is 0 Å². The molecule has 0 aromatic carbocycles. The van der Waals surface area contributed by atoms with Crippen LogP contribution in [0.2, 0.25) is 0 Å². The Morgan fingerprint density at radius 1 is 1.19 bits per heavy atom. The van der Waals surface area contributed by atoms with Gasteiger partial charge < -0.3 is 0 Å². The van der Waals surface area contributed by atoms with Crippen LogP contribution in [-0.2, 0) is 4.79 Å². The quantitative estimate of drug-likeness (QED) is 0.566. The number of fused-ring (bicyclic) bond motifs is 3. The minimum atomic E-state index is -0.106. The number of Topliss-reactive ketones (excluding diaryl/α,β-unsaturated/α-hetero) is 1. The van der Waals surface area contributed by atoms with Crippen LogP contribution in [0.25, 0.3) is 0 Å². The van der Waals surface area contributed by atoms with Crippen LogP contribution in [0.3, 0.4) is 0 Å². The van der Waals surface area contributed by atoms with Gasteiger partial charge in [-0.25, -0.2) is 0 Å². The number of hydrogen-bond acceptors (Lipinski definition) is 1. The van der Waals surface area contributed by atoms with Crippen LogP contribution in [0.15, 0.2) is 11.6 Å². The first-order chi connectivity index (χ1) is 7.38. The predicted octanol–water partition coefficient (Wildman–Crippen LogP) is 3.74. The van der Waals surface area contributed by atoms with Crippen LogP contribution in [-0.4, -0.2) is 5.78 Å². The van der Waals surface area contributed by atoms with Gasteiger partial charge in [-0.1, -0.05) is 38.8 Å². The van der Waals surface area contributed by atoms with Crippen LogP contribution in [0.5, 0.6) is 0 Å². The molecule has 0 aromatic rings. The van der Waals surface area contributed by atoms with Crippen molar-refractivity contribution in [3.63, 3.8) is 0 Å². The van der Waals surface area contributed by atoms with Gasteiger partial charge in [-0.2, -0.15) is 0 Å². The minimum absolute atomic E-state index is 0.0756. The molecule has 0 heterocycles. The molecule has 3 atom stereocenters. The van der Waals surface area contributed by atoms with Crippen molar-refractivity contribution >= 4 is 5.78 Å². The molecule has 2 saturated carbocycles. The van der Waals surface area contributed by atoms with E-state index in [0.29, 0.717) is 11.7 Å². The fourth-order valence-electron chi connectivity index (χ4n) is 4.70. The van der Waals surface area contributed by atoms with Crippen molar-refractivity contribution in [1.82, 2.24) is 0 Å². The molecule has 0 radical (unpaired) electrons. The van der Waals surface area contributed by atoms with Gasteiger partial charge in [0.2, 0.25) is 0 Å². The molecule has 88 valence electrons. The maximum Gasteiger partial charge on any atom is 0.151 e. The number of rotatable bonds is 0. The number of carbonyl (C=O) groups is 1. The average molecular weight is 218 g/mol. The SMILES string of the molecule is CC12C(=O)C1(C)C(C)(C)C1CCCCC=C12. The molecule has 3 rings (SSSR count). The molecule has 2 fully saturated rings. The van der Waals surface area contributed by atoms with E-state index in [-0.39, 0.29) is 16.2 Å². The minimum Gasteiger partial charge on any atom is -0.298 e. The van der Waals surface area contributed by atoms with Gasteiger partial charge in [-0.15, -0.1) is 0 Å². The molecule has 0 N–H and O–H groups in total. The van der Waals surface area contributed by atoms with E-state index in [9.17, 15) is 4.79 Å². The molecule has 1 heteroatoms. The molecule has 0 saturated heterocycles. The highest BCUT2D eigenvalue weighted by Crippen LogP contribution is 2.81. The van der Waals surface area contributed by atoms with Crippen LogP contribution in [0.4, 0.5) is 0 Å². The molecule has 0 amide bonds. The predicted molar refractivity (Wildman–Crippen MR) is 65.0 cm³/mol. The third-order valence-electron chi connectivity index (χ3n) is 6.27. The van der Waals surface area contributed by atoms with E-state index in [1.54, 1.807) is 0 Å². The van der Waals surface area contributed by atoms with E-state index in [1.165, 1.54) is 31.3 Å². The van der Waals surface area contributed by atoms with Gasteiger partial charge >= 0.3 is 0 Å². The Morgan fingerprint density at radius 2 is 1.88 bits per heavy atom.